The summed E-state index contributed by atoms with van der Waals surface area (Å²) in [5, 5.41) is 14.1. The van der Waals surface area contributed by atoms with Gasteiger partial charge in [-0.25, -0.2) is 4.39 Å². The first-order chi connectivity index (χ1) is 11.6. The lowest BCUT2D eigenvalue weighted by Crippen LogP contribution is -2.02. The van der Waals surface area contributed by atoms with Crippen molar-refractivity contribution in [1.82, 2.24) is 20.6 Å². The second kappa shape index (κ2) is 7.02. The molecule has 0 saturated heterocycles. The number of halogens is 3. The second-order valence-corrected chi connectivity index (χ2v) is 5.53. The Bertz CT molecular complexity index is 839. The summed E-state index contributed by atoms with van der Waals surface area (Å²) in [6.07, 6.45) is 0. The number of ether oxygens (including phenoxy) is 2. The number of nitrogens with zero attached hydrogens (tertiary/aromatic N) is 3. The standard InChI is InChI=1S/C15H11Cl2FN4O2/c1-23-13-6-8(15-19-21-22-20-15)5-11(17)14(13)24-7-9-10(16)3-2-4-12(9)18/h2-6H,7H2,1H3,(H,19,20,21,22). The minimum Gasteiger partial charge on any atom is -0.493 e. The highest BCUT2D eigenvalue weighted by Gasteiger charge is 2.16. The molecule has 0 saturated carbocycles. The van der Waals surface area contributed by atoms with E-state index in [9.17, 15) is 4.39 Å². The van der Waals surface area contributed by atoms with Gasteiger partial charge in [0.1, 0.15) is 12.4 Å². The van der Waals surface area contributed by atoms with Crippen LogP contribution in [-0.2, 0) is 6.61 Å². The first kappa shape index (κ1) is 16.5. The van der Waals surface area contributed by atoms with Gasteiger partial charge >= 0.3 is 0 Å². The van der Waals surface area contributed by atoms with Crippen molar-refractivity contribution in [2.75, 3.05) is 7.11 Å². The molecule has 2 aromatic carbocycles. The molecule has 0 radical (unpaired) electrons. The zero-order chi connectivity index (χ0) is 17.1. The van der Waals surface area contributed by atoms with Crippen LogP contribution in [0.1, 0.15) is 5.56 Å². The number of methoxy groups -OCH3 is 1. The van der Waals surface area contributed by atoms with E-state index < -0.39 is 5.82 Å². The van der Waals surface area contributed by atoms with Gasteiger partial charge in [-0.2, -0.15) is 5.21 Å². The smallest absolute Gasteiger partial charge is 0.204 e. The Balaban J connectivity index is 1.91. The van der Waals surface area contributed by atoms with Crippen LogP contribution in [0.3, 0.4) is 0 Å². The third-order valence-corrected chi connectivity index (χ3v) is 3.89. The largest absolute Gasteiger partial charge is 0.493 e. The molecular weight excluding hydrogens is 358 g/mol. The topological polar surface area (TPSA) is 72.9 Å². The van der Waals surface area contributed by atoms with Crippen LogP contribution in [0.2, 0.25) is 10.0 Å². The highest BCUT2D eigenvalue weighted by molar-refractivity contribution is 6.32. The van der Waals surface area contributed by atoms with Gasteiger partial charge in [0.2, 0.25) is 5.82 Å². The number of tetrazole rings is 1. The Morgan fingerprint density at radius 1 is 1.21 bits per heavy atom. The summed E-state index contributed by atoms with van der Waals surface area (Å²) in [7, 11) is 1.47. The fraction of sp³-hybridized carbons (Fsp3) is 0.133. The Labute approximate surface area is 146 Å². The normalized spacial score (nSPS) is 10.7. The molecule has 24 heavy (non-hydrogen) atoms. The number of rotatable bonds is 5. The van der Waals surface area contributed by atoms with Crippen LogP contribution in [0.25, 0.3) is 11.4 Å². The molecule has 0 unspecified atom stereocenters. The van der Waals surface area contributed by atoms with Crippen molar-refractivity contribution in [1.29, 1.82) is 0 Å². The van der Waals surface area contributed by atoms with Gasteiger partial charge in [-0.1, -0.05) is 29.3 Å². The van der Waals surface area contributed by atoms with Crippen molar-refractivity contribution in [2.45, 2.75) is 6.61 Å². The molecule has 0 aliphatic carbocycles. The lowest BCUT2D eigenvalue weighted by Gasteiger charge is -2.14. The van der Waals surface area contributed by atoms with E-state index in [2.05, 4.69) is 20.6 Å². The van der Waals surface area contributed by atoms with Gasteiger partial charge in [0.05, 0.1) is 17.2 Å². The maximum absolute atomic E-state index is 13.8. The highest BCUT2D eigenvalue weighted by Crippen LogP contribution is 2.39. The molecule has 0 spiro atoms. The van der Waals surface area contributed by atoms with Crippen LogP contribution in [0.4, 0.5) is 4.39 Å². The number of H-pyrrole nitrogens is 1. The lowest BCUT2D eigenvalue weighted by atomic mass is 10.2. The van der Waals surface area contributed by atoms with Crippen LogP contribution in [0.5, 0.6) is 11.5 Å². The molecule has 3 aromatic rings. The molecule has 124 valence electrons. The van der Waals surface area contributed by atoms with Crippen molar-refractivity contribution in [3.8, 4) is 22.9 Å². The van der Waals surface area contributed by atoms with Crippen LogP contribution < -0.4 is 9.47 Å². The molecular formula is C15H11Cl2FN4O2. The molecule has 1 N–H and O–H groups in total. The Hall–Kier alpha value is -2.38. The number of nitrogens with one attached hydrogen (secondary N) is 1. The Morgan fingerprint density at radius 3 is 2.71 bits per heavy atom. The molecule has 1 aromatic heterocycles. The minimum absolute atomic E-state index is 0.0941. The summed E-state index contributed by atoms with van der Waals surface area (Å²) < 4.78 is 24.8. The van der Waals surface area contributed by atoms with Gasteiger partial charge in [-0.3, -0.25) is 0 Å². The van der Waals surface area contributed by atoms with Gasteiger partial charge < -0.3 is 9.47 Å². The molecule has 0 aliphatic rings. The van der Waals surface area contributed by atoms with Gasteiger partial charge in [0, 0.05) is 11.1 Å². The third kappa shape index (κ3) is 3.27. The molecule has 0 bridgehead atoms. The lowest BCUT2D eigenvalue weighted by molar-refractivity contribution is 0.280. The summed E-state index contributed by atoms with van der Waals surface area (Å²) in [4.78, 5) is 0. The first-order valence-corrected chi connectivity index (χ1v) is 7.52. The van der Waals surface area contributed by atoms with E-state index >= 15 is 0 Å². The molecule has 9 heteroatoms. The van der Waals surface area contributed by atoms with Gasteiger partial charge in [0.15, 0.2) is 11.5 Å². The minimum atomic E-state index is -0.457. The van der Waals surface area contributed by atoms with Gasteiger partial charge in [0.25, 0.3) is 0 Å². The SMILES string of the molecule is COc1cc(-c2nn[nH]n2)cc(Cl)c1OCc1c(F)cccc1Cl. The highest BCUT2D eigenvalue weighted by atomic mass is 35.5. The number of aromatic nitrogens is 4. The Morgan fingerprint density at radius 2 is 2.04 bits per heavy atom. The number of aromatic amines is 1. The summed E-state index contributed by atoms with van der Waals surface area (Å²) in [6.45, 7) is -0.0941. The van der Waals surface area contributed by atoms with Gasteiger partial charge in [-0.15, -0.1) is 10.2 Å². The van der Waals surface area contributed by atoms with Crippen LogP contribution >= 0.6 is 23.2 Å². The van der Waals surface area contributed by atoms with Crippen molar-refractivity contribution in [3.63, 3.8) is 0 Å². The molecule has 0 atom stereocenters. The fourth-order valence-corrected chi connectivity index (χ4v) is 2.57. The van der Waals surface area contributed by atoms with E-state index in [-0.39, 0.29) is 28.0 Å². The number of hydrogen-bond donors (Lipinski definition) is 1. The van der Waals surface area contributed by atoms with Crippen molar-refractivity contribution >= 4 is 23.2 Å². The van der Waals surface area contributed by atoms with Crippen LogP contribution in [0.15, 0.2) is 30.3 Å². The van der Waals surface area contributed by atoms with E-state index in [1.807, 2.05) is 0 Å². The van der Waals surface area contributed by atoms with Crippen LogP contribution in [0, 0.1) is 5.82 Å². The van der Waals surface area contributed by atoms with Crippen molar-refractivity contribution < 1.29 is 13.9 Å². The van der Waals surface area contributed by atoms with E-state index in [0.717, 1.165) is 0 Å². The average Bonchev–Trinajstić information content (AvgIpc) is 3.09. The number of benzene rings is 2. The van der Waals surface area contributed by atoms with Gasteiger partial charge in [-0.05, 0) is 29.5 Å². The monoisotopic (exact) mass is 368 g/mol. The maximum Gasteiger partial charge on any atom is 0.204 e. The van der Waals surface area contributed by atoms with E-state index in [4.69, 9.17) is 32.7 Å². The zero-order valence-electron chi connectivity index (χ0n) is 12.4. The van der Waals surface area contributed by atoms with Crippen LogP contribution in [-0.4, -0.2) is 27.7 Å². The molecule has 3 rings (SSSR count). The second-order valence-electron chi connectivity index (χ2n) is 4.71. The van der Waals surface area contributed by atoms with E-state index in [1.165, 1.54) is 19.2 Å². The molecule has 0 amide bonds. The number of hydrogen-bond acceptors (Lipinski definition) is 5. The quantitative estimate of drug-likeness (QED) is 0.739. The molecule has 0 aliphatic heterocycles. The first-order valence-electron chi connectivity index (χ1n) is 6.77. The summed E-state index contributed by atoms with van der Waals surface area (Å²) in [5.41, 5.74) is 0.835. The summed E-state index contributed by atoms with van der Waals surface area (Å²) in [6, 6.07) is 7.67. The van der Waals surface area contributed by atoms with E-state index in [0.29, 0.717) is 17.1 Å². The average molecular weight is 369 g/mol. The predicted molar refractivity (Wildman–Crippen MR) is 86.9 cm³/mol. The maximum atomic E-state index is 13.8. The predicted octanol–water partition coefficient (Wildman–Crippen LogP) is 3.90. The molecule has 1 heterocycles. The van der Waals surface area contributed by atoms with Crippen molar-refractivity contribution in [2.24, 2.45) is 0 Å². The Kier molecular flexibility index (Phi) is 4.82. The summed E-state index contributed by atoms with van der Waals surface area (Å²) >= 11 is 12.2. The fourth-order valence-electron chi connectivity index (χ4n) is 2.09. The molecule has 6 nitrogen and oxygen atoms in total. The zero-order valence-corrected chi connectivity index (χ0v) is 13.9. The third-order valence-electron chi connectivity index (χ3n) is 3.26. The summed E-state index contributed by atoms with van der Waals surface area (Å²) in [5.74, 6) is 0.528. The molecule has 0 fully saturated rings. The van der Waals surface area contributed by atoms with E-state index in [1.54, 1.807) is 18.2 Å². The van der Waals surface area contributed by atoms with Crippen molar-refractivity contribution in [3.05, 3.63) is 51.8 Å².